The summed E-state index contributed by atoms with van der Waals surface area (Å²) in [6.07, 6.45) is 6.95. The molecular weight excluding hydrogens is 354 g/mol. The van der Waals surface area contributed by atoms with E-state index in [-0.39, 0.29) is 29.1 Å². The molecule has 3 saturated carbocycles. The van der Waals surface area contributed by atoms with Gasteiger partial charge in [0.1, 0.15) is 6.61 Å². The van der Waals surface area contributed by atoms with Crippen molar-refractivity contribution >= 4 is 5.91 Å². The van der Waals surface area contributed by atoms with Gasteiger partial charge in [0.05, 0.1) is 19.8 Å². The molecule has 6 atom stereocenters. The summed E-state index contributed by atoms with van der Waals surface area (Å²) >= 11 is 0. The molecule has 5 fully saturated rings. The highest BCUT2D eigenvalue weighted by Crippen LogP contribution is 2.67. The Morgan fingerprint density at radius 3 is 2.36 bits per heavy atom. The molecule has 28 heavy (non-hydrogen) atoms. The van der Waals surface area contributed by atoms with Crippen molar-refractivity contribution in [1.29, 1.82) is 0 Å². The zero-order valence-electron chi connectivity index (χ0n) is 18.5. The number of carbonyl (C=O) groups excluding carboxylic acids is 1. The predicted octanol–water partition coefficient (Wildman–Crippen LogP) is 3.86. The molecular formula is C23H39NO4. The smallest absolute Gasteiger partial charge is 0.248 e. The van der Waals surface area contributed by atoms with Crippen LogP contribution in [0.2, 0.25) is 0 Å². The minimum absolute atomic E-state index is 0.0678. The summed E-state index contributed by atoms with van der Waals surface area (Å²) in [4.78, 5) is 14.3. The van der Waals surface area contributed by atoms with Crippen molar-refractivity contribution in [3.8, 4) is 0 Å². The van der Waals surface area contributed by atoms with Crippen LogP contribution in [0.1, 0.15) is 66.2 Å². The van der Waals surface area contributed by atoms with E-state index in [2.05, 4.69) is 13.8 Å². The second-order valence-corrected chi connectivity index (χ2v) is 9.92. The highest BCUT2D eigenvalue weighted by Gasteiger charge is 2.67. The molecule has 0 aromatic heterocycles. The highest BCUT2D eigenvalue weighted by atomic mass is 16.7. The first-order valence-electron chi connectivity index (χ1n) is 11.5. The van der Waals surface area contributed by atoms with Gasteiger partial charge < -0.3 is 19.1 Å². The summed E-state index contributed by atoms with van der Waals surface area (Å²) in [5, 5.41) is 0. The van der Waals surface area contributed by atoms with Gasteiger partial charge in [-0.3, -0.25) is 4.79 Å². The van der Waals surface area contributed by atoms with Gasteiger partial charge in [-0.15, -0.1) is 0 Å². The Labute approximate surface area is 170 Å². The number of likely N-dealkylation sites (N-methyl/N-ethyl adjacent to an activating group) is 1. The molecule has 0 aromatic carbocycles. The van der Waals surface area contributed by atoms with E-state index in [1.165, 1.54) is 25.7 Å². The van der Waals surface area contributed by atoms with E-state index >= 15 is 0 Å². The van der Waals surface area contributed by atoms with Crippen LogP contribution in [0.15, 0.2) is 0 Å². The molecule has 0 bridgehead atoms. The van der Waals surface area contributed by atoms with Crippen LogP contribution in [0.25, 0.3) is 0 Å². The standard InChI is InChI=1S/C21H33NO4.C2H6/c1-19-13-24-12-18(23)22(3)17(19)5-4-14-15(19)6-8-20(2)16(14)7-9-21(20)25-10-11-26-21;1-2/h14-17H,4-13H2,1-3H3;1-2H3/t14-,15+,16+,17?,19-,20+;/m1./s1. The van der Waals surface area contributed by atoms with E-state index in [1.807, 2.05) is 25.8 Å². The third-order valence-electron chi connectivity index (χ3n) is 9.12. The SMILES string of the molecule is CC.CN1C(=O)COC[C@@]2(C)C1CC[C@@H]1[C@@H]2CC[C@@]2(C)[C@H]1CCC21OCCO1. The molecule has 2 saturated heterocycles. The summed E-state index contributed by atoms with van der Waals surface area (Å²) in [6.45, 7) is 11.3. The van der Waals surface area contributed by atoms with Gasteiger partial charge in [-0.2, -0.15) is 0 Å². The van der Waals surface area contributed by atoms with E-state index < -0.39 is 0 Å². The summed E-state index contributed by atoms with van der Waals surface area (Å²) in [6, 6.07) is 0.317. The summed E-state index contributed by atoms with van der Waals surface area (Å²) < 4.78 is 18.4. The van der Waals surface area contributed by atoms with Gasteiger partial charge >= 0.3 is 0 Å². The lowest BCUT2D eigenvalue weighted by Gasteiger charge is -2.59. The Kier molecular flexibility index (Phi) is 5.33. The number of rotatable bonds is 0. The first kappa shape index (κ1) is 20.6. The third-order valence-corrected chi connectivity index (χ3v) is 9.12. The van der Waals surface area contributed by atoms with Gasteiger partial charge in [-0.25, -0.2) is 0 Å². The summed E-state index contributed by atoms with van der Waals surface area (Å²) in [5.41, 5.74) is 0.208. The molecule has 2 aliphatic heterocycles. The fourth-order valence-corrected chi connectivity index (χ4v) is 7.79. The molecule has 5 rings (SSSR count). The molecule has 3 aliphatic carbocycles. The van der Waals surface area contributed by atoms with Crippen LogP contribution in [-0.4, -0.2) is 56.1 Å². The largest absolute Gasteiger partial charge is 0.371 e. The monoisotopic (exact) mass is 393 g/mol. The lowest BCUT2D eigenvalue weighted by atomic mass is 9.48. The van der Waals surface area contributed by atoms with E-state index in [4.69, 9.17) is 14.2 Å². The van der Waals surface area contributed by atoms with E-state index in [0.29, 0.717) is 23.8 Å². The van der Waals surface area contributed by atoms with Crippen molar-refractivity contribution < 1.29 is 19.0 Å². The average molecular weight is 394 g/mol. The molecule has 2 heterocycles. The molecule has 1 spiro atoms. The van der Waals surface area contributed by atoms with Crippen LogP contribution in [0.4, 0.5) is 0 Å². The second-order valence-electron chi connectivity index (χ2n) is 9.92. The minimum atomic E-state index is -0.326. The molecule has 1 amide bonds. The van der Waals surface area contributed by atoms with Gasteiger partial charge in [-0.1, -0.05) is 27.7 Å². The zero-order chi connectivity index (χ0) is 20.2. The van der Waals surface area contributed by atoms with Crippen LogP contribution in [-0.2, 0) is 19.0 Å². The van der Waals surface area contributed by atoms with Gasteiger partial charge in [-0.05, 0) is 49.9 Å². The van der Waals surface area contributed by atoms with E-state index in [9.17, 15) is 4.79 Å². The van der Waals surface area contributed by atoms with Crippen molar-refractivity contribution in [3.63, 3.8) is 0 Å². The fourth-order valence-electron chi connectivity index (χ4n) is 7.79. The maximum atomic E-state index is 12.3. The van der Waals surface area contributed by atoms with Gasteiger partial charge in [0, 0.05) is 30.3 Å². The first-order chi connectivity index (χ1) is 13.4. The lowest BCUT2D eigenvalue weighted by molar-refractivity contribution is -0.246. The molecule has 5 aliphatic rings. The number of carbonyl (C=O) groups is 1. The Bertz CT molecular complexity index is 603. The maximum absolute atomic E-state index is 12.3. The molecule has 5 nitrogen and oxygen atoms in total. The third kappa shape index (κ3) is 2.65. The van der Waals surface area contributed by atoms with Crippen LogP contribution >= 0.6 is 0 Å². The van der Waals surface area contributed by atoms with E-state index in [0.717, 1.165) is 32.7 Å². The summed E-state index contributed by atoms with van der Waals surface area (Å²) in [5.74, 6) is 1.82. The second kappa shape index (κ2) is 7.24. The van der Waals surface area contributed by atoms with Gasteiger partial charge in [0.2, 0.25) is 5.91 Å². The Morgan fingerprint density at radius 1 is 0.964 bits per heavy atom. The normalized spacial score (nSPS) is 46.9. The maximum Gasteiger partial charge on any atom is 0.248 e. The molecule has 1 unspecified atom stereocenters. The van der Waals surface area contributed by atoms with Crippen molar-refractivity contribution in [3.05, 3.63) is 0 Å². The number of amides is 1. The number of hydrogen-bond donors (Lipinski definition) is 0. The van der Waals surface area contributed by atoms with Crippen molar-refractivity contribution in [2.75, 3.05) is 33.5 Å². The molecule has 5 heteroatoms. The van der Waals surface area contributed by atoms with Crippen LogP contribution in [0.5, 0.6) is 0 Å². The number of ether oxygens (including phenoxy) is 3. The molecule has 0 N–H and O–H groups in total. The minimum Gasteiger partial charge on any atom is -0.371 e. The van der Waals surface area contributed by atoms with Crippen molar-refractivity contribution in [2.45, 2.75) is 78.0 Å². The van der Waals surface area contributed by atoms with Crippen LogP contribution < -0.4 is 0 Å². The Morgan fingerprint density at radius 2 is 1.64 bits per heavy atom. The molecule has 0 aromatic rings. The van der Waals surface area contributed by atoms with Crippen LogP contribution in [0.3, 0.4) is 0 Å². The first-order valence-corrected chi connectivity index (χ1v) is 11.5. The lowest BCUT2D eigenvalue weighted by Crippen LogP contribution is -2.60. The molecule has 160 valence electrons. The van der Waals surface area contributed by atoms with Gasteiger partial charge in [0.25, 0.3) is 0 Å². The van der Waals surface area contributed by atoms with Crippen molar-refractivity contribution in [2.24, 2.45) is 28.6 Å². The summed E-state index contributed by atoms with van der Waals surface area (Å²) in [7, 11) is 1.98. The number of hydrogen-bond acceptors (Lipinski definition) is 4. The topological polar surface area (TPSA) is 48.0 Å². The Balaban J connectivity index is 0.000000932. The molecule has 0 radical (unpaired) electrons. The van der Waals surface area contributed by atoms with Gasteiger partial charge in [0.15, 0.2) is 5.79 Å². The number of nitrogens with zero attached hydrogens (tertiary/aromatic N) is 1. The van der Waals surface area contributed by atoms with E-state index in [1.54, 1.807) is 0 Å². The highest BCUT2D eigenvalue weighted by molar-refractivity contribution is 5.77. The van der Waals surface area contributed by atoms with Crippen LogP contribution in [0, 0.1) is 28.6 Å². The Hall–Kier alpha value is -0.650. The predicted molar refractivity (Wildman–Crippen MR) is 108 cm³/mol. The van der Waals surface area contributed by atoms with Crippen molar-refractivity contribution in [1.82, 2.24) is 4.90 Å². The fraction of sp³-hybridized carbons (Fsp3) is 0.957. The number of fused-ring (bicyclic) bond motifs is 6. The average Bonchev–Trinajstić information content (AvgIpc) is 3.26. The quantitative estimate of drug-likeness (QED) is 0.627. The zero-order valence-corrected chi connectivity index (χ0v) is 18.5.